The van der Waals surface area contributed by atoms with E-state index in [1.54, 1.807) is 0 Å². The van der Waals surface area contributed by atoms with Crippen molar-refractivity contribution in [2.24, 2.45) is 0 Å². The third-order valence-electron chi connectivity index (χ3n) is 8.55. The van der Waals surface area contributed by atoms with Crippen LogP contribution < -0.4 is 0 Å². The number of benzene rings is 7. The number of nitrogens with zero attached hydrogens (tertiary/aromatic N) is 4. The monoisotopic (exact) mass is 666 g/mol. The fraction of sp³-hybridized carbons (Fsp3) is 0. The first-order valence-electron chi connectivity index (χ1n) is 15.6. The first kappa shape index (κ1) is 27.6. The standard InChI is InChI=1S/C42H26N4Se/c1-4-11-29(12-5-1)39-44-40(30-13-6-2-7-14-30)46-41(45-39)34-18-10-17-27-19-21-32(25-35(27)34)33-22-20-28-23-24-37-38(36(28)26-33)47-42(43-37)31-15-8-3-9-16-31/h1-26H. The van der Waals surface area contributed by atoms with E-state index >= 15 is 0 Å². The van der Waals surface area contributed by atoms with E-state index in [1.807, 2.05) is 60.7 Å². The molecule has 47 heavy (non-hydrogen) atoms. The van der Waals surface area contributed by atoms with E-state index in [4.69, 9.17) is 19.9 Å². The van der Waals surface area contributed by atoms with Crippen molar-refractivity contribution in [2.45, 2.75) is 0 Å². The second-order valence-corrected chi connectivity index (χ2v) is 13.6. The molecule has 0 fully saturated rings. The number of hydrogen-bond acceptors (Lipinski definition) is 4. The molecular formula is C42H26N4Se. The summed E-state index contributed by atoms with van der Waals surface area (Å²) in [6.07, 6.45) is 0. The van der Waals surface area contributed by atoms with Crippen LogP contribution >= 0.6 is 0 Å². The normalized spacial score (nSPS) is 11.4. The molecule has 0 saturated carbocycles. The molecule has 0 bridgehead atoms. The Morgan fingerprint density at radius 1 is 0.362 bits per heavy atom. The van der Waals surface area contributed by atoms with Crippen molar-refractivity contribution in [1.29, 1.82) is 0 Å². The molecular weight excluding hydrogens is 639 g/mol. The third-order valence-corrected chi connectivity index (χ3v) is 11.0. The minimum Gasteiger partial charge on any atom is -0.0615 e. The van der Waals surface area contributed by atoms with Crippen LogP contribution in [0.4, 0.5) is 0 Å². The van der Waals surface area contributed by atoms with E-state index in [-0.39, 0.29) is 14.5 Å². The number of rotatable bonds is 5. The van der Waals surface area contributed by atoms with Crippen LogP contribution in [-0.2, 0) is 0 Å². The van der Waals surface area contributed by atoms with E-state index < -0.39 is 0 Å². The first-order valence-corrected chi connectivity index (χ1v) is 17.3. The smallest absolute Gasteiger partial charge is 0.0512 e. The second kappa shape index (κ2) is 11.6. The third kappa shape index (κ3) is 5.12. The summed E-state index contributed by atoms with van der Waals surface area (Å²) in [7, 11) is 0. The predicted octanol–water partition coefficient (Wildman–Crippen LogP) is 10.1. The van der Waals surface area contributed by atoms with Gasteiger partial charge in [0, 0.05) is 0 Å². The zero-order valence-corrected chi connectivity index (χ0v) is 26.9. The molecule has 0 atom stereocenters. The summed E-state index contributed by atoms with van der Waals surface area (Å²) in [5, 5.41) is 4.76. The van der Waals surface area contributed by atoms with E-state index in [9.17, 15) is 0 Å². The summed E-state index contributed by atoms with van der Waals surface area (Å²) in [6, 6.07) is 55.0. The Labute approximate surface area is 277 Å². The maximum atomic E-state index is 5.04. The summed E-state index contributed by atoms with van der Waals surface area (Å²) in [4.78, 5) is 20.0. The largest absolute Gasteiger partial charge is 0.0615 e. The van der Waals surface area contributed by atoms with Gasteiger partial charge >= 0.3 is 218 Å². The van der Waals surface area contributed by atoms with Crippen LogP contribution in [-0.4, -0.2) is 34.4 Å². The molecule has 9 rings (SSSR count). The molecule has 0 amide bonds. The maximum Gasteiger partial charge on any atom is -0.0512 e. The second-order valence-electron chi connectivity index (χ2n) is 11.5. The van der Waals surface area contributed by atoms with Gasteiger partial charge in [-0.2, -0.15) is 0 Å². The van der Waals surface area contributed by atoms with Gasteiger partial charge in [-0.05, 0) is 0 Å². The van der Waals surface area contributed by atoms with Crippen LogP contribution in [0.25, 0.3) is 86.7 Å². The molecule has 0 aliphatic heterocycles. The predicted molar refractivity (Wildman–Crippen MR) is 194 cm³/mol. The van der Waals surface area contributed by atoms with Crippen molar-refractivity contribution >= 4 is 45.8 Å². The number of aromatic nitrogens is 4. The molecule has 0 aliphatic rings. The minimum atomic E-state index is 0.136. The molecule has 0 unspecified atom stereocenters. The van der Waals surface area contributed by atoms with Crippen molar-refractivity contribution in [3.8, 4) is 55.4 Å². The Morgan fingerprint density at radius 2 is 0.894 bits per heavy atom. The van der Waals surface area contributed by atoms with Gasteiger partial charge in [-0.25, -0.2) is 0 Å². The Hall–Kier alpha value is -5.74. The Balaban J connectivity index is 1.20. The van der Waals surface area contributed by atoms with Crippen LogP contribution in [0.1, 0.15) is 0 Å². The molecule has 0 spiro atoms. The van der Waals surface area contributed by atoms with Gasteiger partial charge in [0.05, 0.1) is 0 Å². The fourth-order valence-electron chi connectivity index (χ4n) is 6.16. The molecule has 9 aromatic rings. The van der Waals surface area contributed by atoms with E-state index in [0.29, 0.717) is 17.5 Å². The van der Waals surface area contributed by atoms with Crippen molar-refractivity contribution in [1.82, 2.24) is 19.9 Å². The molecule has 0 aliphatic carbocycles. The molecule has 2 aromatic heterocycles. The molecule has 220 valence electrons. The van der Waals surface area contributed by atoms with Crippen LogP contribution in [0.15, 0.2) is 158 Å². The van der Waals surface area contributed by atoms with Gasteiger partial charge in [0.15, 0.2) is 0 Å². The Bertz CT molecular complexity index is 2500. The zero-order chi connectivity index (χ0) is 31.2. The van der Waals surface area contributed by atoms with Gasteiger partial charge in [-0.1, -0.05) is 60.7 Å². The Kier molecular flexibility index (Phi) is 6.78. The molecule has 0 saturated heterocycles. The van der Waals surface area contributed by atoms with Crippen molar-refractivity contribution in [2.75, 3.05) is 0 Å². The van der Waals surface area contributed by atoms with Gasteiger partial charge in [0.2, 0.25) is 0 Å². The van der Waals surface area contributed by atoms with Crippen molar-refractivity contribution in [3.63, 3.8) is 0 Å². The molecule has 2 heterocycles. The quantitative estimate of drug-likeness (QED) is 0.172. The van der Waals surface area contributed by atoms with Gasteiger partial charge in [0.1, 0.15) is 0 Å². The summed E-state index contributed by atoms with van der Waals surface area (Å²) < 4.78 is 2.53. The molecule has 4 nitrogen and oxygen atoms in total. The van der Waals surface area contributed by atoms with E-state index in [0.717, 1.165) is 38.5 Å². The average Bonchev–Trinajstić information content (AvgIpc) is 3.60. The van der Waals surface area contributed by atoms with Crippen LogP contribution in [0.5, 0.6) is 0 Å². The average molecular weight is 666 g/mol. The van der Waals surface area contributed by atoms with Crippen LogP contribution in [0, 0.1) is 0 Å². The minimum absolute atomic E-state index is 0.136. The van der Waals surface area contributed by atoms with Crippen LogP contribution in [0.2, 0.25) is 0 Å². The van der Waals surface area contributed by atoms with Gasteiger partial charge in [-0.3, -0.25) is 0 Å². The first-order chi connectivity index (χ1) is 23.3. The summed E-state index contributed by atoms with van der Waals surface area (Å²) >= 11 is 0.136. The molecule has 0 N–H and O–H groups in total. The Morgan fingerprint density at radius 3 is 1.53 bits per heavy atom. The maximum absolute atomic E-state index is 5.04. The zero-order valence-electron chi connectivity index (χ0n) is 25.2. The summed E-state index contributed by atoms with van der Waals surface area (Å²) in [5.41, 5.74) is 7.52. The van der Waals surface area contributed by atoms with Gasteiger partial charge in [0.25, 0.3) is 0 Å². The summed E-state index contributed by atoms with van der Waals surface area (Å²) in [5.74, 6) is 1.97. The van der Waals surface area contributed by atoms with E-state index in [1.165, 1.54) is 30.7 Å². The summed E-state index contributed by atoms with van der Waals surface area (Å²) in [6.45, 7) is 0. The van der Waals surface area contributed by atoms with Crippen LogP contribution in [0.3, 0.4) is 0 Å². The van der Waals surface area contributed by atoms with Gasteiger partial charge in [-0.15, -0.1) is 0 Å². The van der Waals surface area contributed by atoms with Gasteiger partial charge < -0.3 is 0 Å². The SMILES string of the molecule is c1ccc(-c2nc(-c3ccccc3)nc(-c3cccc4ccc(-c5ccc6ccc7nc(-c8ccccc8)[se]c7c6c5)cc34)n2)cc1. The molecule has 5 heteroatoms. The van der Waals surface area contributed by atoms with E-state index in [2.05, 4.69) is 97.1 Å². The number of hydrogen-bond donors (Lipinski definition) is 0. The molecule has 0 radical (unpaired) electrons. The fourth-order valence-corrected chi connectivity index (χ4v) is 8.46. The molecule has 7 aromatic carbocycles. The number of fused-ring (bicyclic) bond motifs is 4. The van der Waals surface area contributed by atoms with Crippen molar-refractivity contribution in [3.05, 3.63) is 158 Å². The van der Waals surface area contributed by atoms with Crippen molar-refractivity contribution < 1.29 is 0 Å². The topological polar surface area (TPSA) is 51.6 Å².